The molecule has 4 heteroatoms. The van der Waals surface area contributed by atoms with Gasteiger partial charge in [0.25, 0.3) is 0 Å². The van der Waals surface area contributed by atoms with Crippen molar-refractivity contribution in [1.29, 1.82) is 0 Å². The van der Waals surface area contributed by atoms with Gasteiger partial charge in [-0.1, -0.05) is 24.3 Å². The van der Waals surface area contributed by atoms with Gasteiger partial charge in [0.05, 0.1) is 18.2 Å². The zero-order chi connectivity index (χ0) is 12.1. The number of methoxy groups -OCH3 is 1. The van der Waals surface area contributed by atoms with Gasteiger partial charge in [0, 0.05) is 24.6 Å². The van der Waals surface area contributed by atoms with E-state index in [0.717, 1.165) is 16.0 Å². The molecular weight excluding hydrogens is 234 g/mol. The predicted molar refractivity (Wildman–Crippen MR) is 67.9 cm³/mol. The Morgan fingerprint density at radius 1 is 1.35 bits per heavy atom. The summed E-state index contributed by atoms with van der Waals surface area (Å²) in [6, 6.07) is 7.85. The fourth-order valence-corrected chi connectivity index (χ4v) is 2.29. The minimum absolute atomic E-state index is 0.466. The number of rotatable bonds is 5. The Bertz CT molecular complexity index is 439. The smallest absolute Gasteiger partial charge is 0.0838 e. The first-order valence-corrected chi connectivity index (χ1v) is 6.31. The van der Waals surface area contributed by atoms with E-state index in [0.29, 0.717) is 13.0 Å². The average molecular weight is 249 g/mol. The highest BCUT2D eigenvalue weighted by atomic mass is 32.1. The lowest BCUT2D eigenvalue weighted by Gasteiger charge is -2.10. The number of thiazole rings is 1. The molecule has 1 N–H and O–H groups in total. The minimum Gasteiger partial charge on any atom is -0.388 e. The van der Waals surface area contributed by atoms with E-state index in [1.165, 1.54) is 0 Å². The van der Waals surface area contributed by atoms with Gasteiger partial charge >= 0.3 is 0 Å². The molecule has 0 spiro atoms. The summed E-state index contributed by atoms with van der Waals surface area (Å²) in [6.07, 6.45) is 1.95. The van der Waals surface area contributed by atoms with Crippen LogP contribution in [0, 0.1) is 0 Å². The third-order valence-corrected chi connectivity index (χ3v) is 3.36. The van der Waals surface area contributed by atoms with Crippen molar-refractivity contribution in [2.75, 3.05) is 7.11 Å². The van der Waals surface area contributed by atoms with Crippen LogP contribution in [0.1, 0.15) is 22.1 Å². The predicted octanol–water partition coefficient (Wildman–Crippen LogP) is 2.57. The molecule has 1 unspecified atom stereocenters. The Kier molecular flexibility index (Phi) is 4.25. The summed E-state index contributed by atoms with van der Waals surface area (Å²) in [7, 11) is 1.67. The van der Waals surface area contributed by atoms with Gasteiger partial charge in [-0.15, -0.1) is 11.3 Å². The first-order chi connectivity index (χ1) is 8.29. The van der Waals surface area contributed by atoms with E-state index in [1.54, 1.807) is 30.2 Å². The van der Waals surface area contributed by atoms with Crippen molar-refractivity contribution in [3.8, 4) is 0 Å². The Balaban J connectivity index is 2.01. The van der Waals surface area contributed by atoms with Crippen molar-refractivity contribution in [3.63, 3.8) is 0 Å². The second-order valence-corrected chi connectivity index (χ2v) is 4.83. The number of ether oxygens (including phenoxy) is 1. The van der Waals surface area contributed by atoms with E-state index in [4.69, 9.17) is 4.74 Å². The van der Waals surface area contributed by atoms with Crippen LogP contribution in [-0.2, 0) is 17.8 Å². The molecule has 0 saturated heterocycles. The van der Waals surface area contributed by atoms with Gasteiger partial charge in [0.15, 0.2) is 0 Å². The molecule has 2 aromatic rings. The molecule has 90 valence electrons. The number of nitrogens with zero attached hydrogens (tertiary/aromatic N) is 1. The maximum atomic E-state index is 10.1. The number of aliphatic hydroxyl groups excluding tert-OH is 1. The average Bonchev–Trinajstić information content (AvgIpc) is 2.83. The lowest BCUT2D eigenvalue weighted by Crippen LogP contribution is -2.00. The molecule has 0 bridgehead atoms. The maximum absolute atomic E-state index is 10.1. The highest BCUT2D eigenvalue weighted by Crippen LogP contribution is 2.20. The van der Waals surface area contributed by atoms with Gasteiger partial charge in [-0.05, 0) is 11.1 Å². The Morgan fingerprint density at radius 2 is 2.12 bits per heavy atom. The fraction of sp³-hybridized carbons (Fsp3) is 0.308. The molecule has 0 fully saturated rings. The lowest BCUT2D eigenvalue weighted by molar-refractivity contribution is 0.178. The third-order valence-electron chi connectivity index (χ3n) is 2.55. The van der Waals surface area contributed by atoms with Crippen molar-refractivity contribution in [3.05, 3.63) is 52.0 Å². The summed E-state index contributed by atoms with van der Waals surface area (Å²) >= 11 is 1.57. The molecule has 0 saturated carbocycles. The first-order valence-electron chi connectivity index (χ1n) is 5.43. The molecule has 0 aliphatic carbocycles. The zero-order valence-electron chi connectivity index (χ0n) is 9.67. The SMILES string of the molecule is COCc1ccc(C(O)Cc2cncs2)cc1. The highest BCUT2D eigenvalue weighted by molar-refractivity contribution is 7.09. The van der Waals surface area contributed by atoms with E-state index < -0.39 is 6.10 Å². The zero-order valence-corrected chi connectivity index (χ0v) is 10.5. The van der Waals surface area contributed by atoms with Crippen molar-refractivity contribution < 1.29 is 9.84 Å². The van der Waals surface area contributed by atoms with Gasteiger partial charge in [0.1, 0.15) is 0 Å². The largest absolute Gasteiger partial charge is 0.388 e. The molecule has 1 atom stereocenters. The van der Waals surface area contributed by atoms with Gasteiger partial charge in [-0.2, -0.15) is 0 Å². The van der Waals surface area contributed by atoms with E-state index in [2.05, 4.69) is 4.98 Å². The van der Waals surface area contributed by atoms with Crippen molar-refractivity contribution >= 4 is 11.3 Å². The van der Waals surface area contributed by atoms with Crippen LogP contribution in [0.5, 0.6) is 0 Å². The van der Waals surface area contributed by atoms with Gasteiger partial charge in [0.2, 0.25) is 0 Å². The summed E-state index contributed by atoms with van der Waals surface area (Å²) < 4.78 is 5.04. The normalized spacial score (nSPS) is 12.6. The molecule has 1 aromatic heterocycles. The van der Waals surface area contributed by atoms with Crippen molar-refractivity contribution in [1.82, 2.24) is 4.98 Å². The summed E-state index contributed by atoms with van der Waals surface area (Å²) in [6.45, 7) is 0.602. The topological polar surface area (TPSA) is 42.4 Å². The molecule has 0 aliphatic rings. The number of hydrogen-bond acceptors (Lipinski definition) is 4. The molecule has 3 nitrogen and oxygen atoms in total. The monoisotopic (exact) mass is 249 g/mol. The van der Waals surface area contributed by atoms with Gasteiger partial charge in [-0.3, -0.25) is 4.98 Å². The van der Waals surface area contributed by atoms with Crippen molar-refractivity contribution in [2.24, 2.45) is 0 Å². The Morgan fingerprint density at radius 3 is 2.71 bits per heavy atom. The second-order valence-electron chi connectivity index (χ2n) is 3.86. The maximum Gasteiger partial charge on any atom is 0.0838 e. The third kappa shape index (κ3) is 3.36. The standard InChI is InChI=1S/C13H15NO2S/c1-16-8-10-2-4-11(5-3-10)13(15)6-12-7-14-9-17-12/h2-5,7,9,13,15H,6,8H2,1H3. The van der Waals surface area contributed by atoms with Crippen LogP contribution < -0.4 is 0 Å². The molecule has 0 aliphatic heterocycles. The summed E-state index contributed by atoms with van der Waals surface area (Å²) in [5.74, 6) is 0. The number of hydrogen-bond donors (Lipinski definition) is 1. The second kappa shape index (κ2) is 5.91. The molecule has 0 radical (unpaired) electrons. The first kappa shape index (κ1) is 12.2. The molecule has 1 aromatic carbocycles. The van der Waals surface area contributed by atoms with E-state index in [1.807, 2.05) is 24.3 Å². The number of aromatic nitrogens is 1. The van der Waals surface area contributed by atoms with E-state index in [-0.39, 0.29) is 0 Å². The summed E-state index contributed by atoms with van der Waals surface area (Å²) in [5, 5.41) is 10.1. The van der Waals surface area contributed by atoms with E-state index >= 15 is 0 Å². The van der Waals surface area contributed by atoms with Crippen LogP contribution in [0.4, 0.5) is 0 Å². The molecule has 17 heavy (non-hydrogen) atoms. The van der Waals surface area contributed by atoms with Crippen LogP contribution in [0.3, 0.4) is 0 Å². The molecular formula is C13H15NO2S. The molecule has 1 heterocycles. The lowest BCUT2D eigenvalue weighted by atomic mass is 10.0. The highest BCUT2D eigenvalue weighted by Gasteiger charge is 2.09. The van der Waals surface area contributed by atoms with Gasteiger partial charge < -0.3 is 9.84 Å². The Hall–Kier alpha value is -1.23. The summed E-state index contributed by atoms with van der Waals surface area (Å²) in [4.78, 5) is 5.09. The van der Waals surface area contributed by atoms with Crippen LogP contribution in [-0.4, -0.2) is 17.2 Å². The number of aliphatic hydroxyl groups is 1. The van der Waals surface area contributed by atoms with Crippen LogP contribution in [0.15, 0.2) is 36.0 Å². The van der Waals surface area contributed by atoms with Crippen LogP contribution in [0.2, 0.25) is 0 Å². The molecule has 2 rings (SSSR count). The van der Waals surface area contributed by atoms with E-state index in [9.17, 15) is 5.11 Å². The minimum atomic E-state index is -0.466. The fourth-order valence-electron chi connectivity index (χ4n) is 1.65. The van der Waals surface area contributed by atoms with Crippen molar-refractivity contribution in [2.45, 2.75) is 19.1 Å². The van der Waals surface area contributed by atoms with Crippen LogP contribution in [0.25, 0.3) is 0 Å². The Labute approximate surface area is 105 Å². The van der Waals surface area contributed by atoms with Crippen LogP contribution >= 0.6 is 11.3 Å². The quantitative estimate of drug-likeness (QED) is 0.885. The summed E-state index contributed by atoms with van der Waals surface area (Å²) in [5.41, 5.74) is 3.82. The van der Waals surface area contributed by atoms with Gasteiger partial charge in [-0.25, -0.2) is 0 Å². The number of benzene rings is 1. The molecule has 0 amide bonds.